The molecule has 0 amide bonds. The summed E-state index contributed by atoms with van der Waals surface area (Å²) in [6, 6.07) is 8.83. The zero-order valence-electron chi connectivity index (χ0n) is 12.1. The van der Waals surface area contributed by atoms with E-state index >= 15 is 0 Å². The number of nitrogens with two attached hydrogens (primary N) is 1. The molecule has 0 bridgehead atoms. The minimum absolute atomic E-state index is 0.589. The highest BCUT2D eigenvalue weighted by Crippen LogP contribution is 2.35. The van der Waals surface area contributed by atoms with Gasteiger partial charge in [0, 0.05) is 17.3 Å². The molecular formula is C17H22N2S. The molecule has 1 aromatic heterocycles. The molecule has 2 nitrogen and oxygen atoms in total. The first-order chi connectivity index (χ1) is 9.81. The number of thiazole rings is 1. The largest absolute Gasteiger partial charge is 0.326 e. The molecule has 0 radical (unpaired) electrons. The molecule has 0 aliphatic heterocycles. The number of aromatic nitrogens is 1. The van der Waals surface area contributed by atoms with Crippen molar-refractivity contribution in [2.45, 2.75) is 51.5 Å². The molecule has 0 saturated heterocycles. The van der Waals surface area contributed by atoms with E-state index in [1.54, 1.807) is 0 Å². The van der Waals surface area contributed by atoms with E-state index in [0.717, 1.165) is 19.3 Å². The Morgan fingerprint density at radius 3 is 2.85 bits per heavy atom. The van der Waals surface area contributed by atoms with Crippen LogP contribution in [0.3, 0.4) is 0 Å². The molecule has 1 unspecified atom stereocenters. The SMILES string of the molecule is CCCc1nc(C2CCc3ccccc3C2)sc1CN. The molecule has 1 aliphatic rings. The normalized spacial score (nSPS) is 18.0. The Balaban J connectivity index is 1.84. The van der Waals surface area contributed by atoms with Crippen molar-refractivity contribution in [1.29, 1.82) is 0 Å². The summed E-state index contributed by atoms with van der Waals surface area (Å²) in [5.74, 6) is 0.589. The molecule has 2 N–H and O–H groups in total. The summed E-state index contributed by atoms with van der Waals surface area (Å²) >= 11 is 1.84. The average molecular weight is 286 g/mol. The van der Waals surface area contributed by atoms with Crippen LogP contribution in [0.25, 0.3) is 0 Å². The molecule has 0 spiro atoms. The van der Waals surface area contributed by atoms with Gasteiger partial charge in [-0.1, -0.05) is 37.6 Å². The first-order valence-electron chi connectivity index (χ1n) is 7.57. The summed E-state index contributed by atoms with van der Waals surface area (Å²) in [5, 5.41) is 1.31. The maximum atomic E-state index is 5.87. The van der Waals surface area contributed by atoms with Gasteiger partial charge >= 0.3 is 0 Å². The van der Waals surface area contributed by atoms with Gasteiger partial charge in [-0.3, -0.25) is 0 Å². The van der Waals surface area contributed by atoms with Gasteiger partial charge in [0.25, 0.3) is 0 Å². The van der Waals surface area contributed by atoms with Gasteiger partial charge in [0.15, 0.2) is 0 Å². The first kappa shape index (κ1) is 13.8. The second-order valence-corrected chi connectivity index (χ2v) is 6.70. The van der Waals surface area contributed by atoms with Gasteiger partial charge in [-0.05, 0) is 36.8 Å². The number of fused-ring (bicyclic) bond motifs is 1. The molecule has 0 fully saturated rings. The van der Waals surface area contributed by atoms with Gasteiger partial charge in [0.1, 0.15) is 0 Å². The van der Waals surface area contributed by atoms with Crippen LogP contribution in [-0.2, 0) is 25.8 Å². The highest BCUT2D eigenvalue weighted by atomic mass is 32.1. The van der Waals surface area contributed by atoms with E-state index in [0.29, 0.717) is 12.5 Å². The molecule has 106 valence electrons. The van der Waals surface area contributed by atoms with Crippen LogP contribution in [0.1, 0.15) is 52.4 Å². The molecular weight excluding hydrogens is 264 g/mol. The van der Waals surface area contributed by atoms with Crippen LogP contribution in [0.15, 0.2) is 24.3 Å². The van der Waals surface area contributed by atoms with Crippen molar-refractivity contribution in [3.63, 3.8) is 0 Å². The van der Waals surface area contributed by atoms with E-state index in [4.69, 9.17) is 10.7 Å². The fourth-order valence-corrected chi connectivity index (χ4v) is 4.20. The molecule has 0 saturated carbocycles. The van der Waals surface area contributed by atoms with Crippen LogP contribution in [0.5, 0.6) is 0 Å². The van der Waals surface area contributed by atoms with Crippen molar-refractivity contribution in [3.05, 3.63) is 51.0 Å². The van der Waals surface area contributed by atoms with Crippen LogP contribution in [-0.4, -0.2) is 4.98 Å². The molecule has 1 heterocycles. The summed E-state index contributed by atoms with van der Waals surface area (Å²) in [6.07, 6.45) is 5.75. The Morgan fingerprint density at radius 1 is 1.30 bits per heavy atom. The zero-order valence-corrected chi connectivity index (χ0v) is 12.9. The van der Waals surface area contributed by atoms with Crippen molar-refractivity contribution in [2.24, 2.45) is 5.73 Å². The number of rotatable bonds is 4. The first-order valence-corrected chi connectivity index (χ1v) is 8.38. The van der Waals surface area contributed by atoms with Gasteiger partial charge in [-0.2, -0.15) is 0 Å². The Morgan fingerprint density at radius 2 is 2.10 bits per heavy atom. The highest BCUT2D eigenvalue weighted by molar-refractivity contribution is 7.11. The average Bonchev–Trinajstić information content (AvgIpc) is 2.90. The van der Waals surface area contributed by atoms with E-state index in [1.807, 2.05) is 11.3 Å². The minimum Gasteiger partial charge on any atom is -0.326 e. The second kappa shape index (κ2) is 6.06. The Labute approximate surface area is 125 Å². The summed E-state index contributed by atoms with van der Waals surface area (Å²) in [5.41, 5.74) is 10.1. The second-order valence-electron chi connectivity index (χ2n) is 5.58. The van der Waals surface area contributed by atoms with Crippen molar-refractivity contribution in [2.75, 3.05) is 0 Å². The summed E-state index contributed by atoms with van der Waals surface area (Å²) in [4.78, 5) is 6.20. The van der Waals surface area contributed by atoms with E-state index < -0.39 is 0 Å². The molecule has 1 atom stereocenters. The lowest BCUT2D eigenvalue weighted by atomic mass is 9.84. The van der Waals surface area contributed by atoms with Crippen LogP contribution in [0, 0.1) is 0 Å². The van der Waals surface area contributed by atoms with E-state index in [9.17, 15) is 0 Å². The van der Waals surface area contributed by atoms with Crippen molar-refractivity contribution in [3.8, 4) is 0 Å². The zero-order chi connectivity index (χ0) is 13.9. The van der Waals surface area contributed by atoms with E-state index in [2.05, 4.69) is 31.2 Å². The van der Waals surface area contributed by atoms with E-state index in [-0.39, 0.29) is 0 Å². The fraction of sp³-hybridized carbons (Fsp3) is 0.471. The van der Waals surface area contributed by atoms with Crippen LogP contribution >= 0.6 is 11.3 Å². The molecule has 1 aliphatic carbocycles. The molecule has 1 aromatic carbocycles. The smallest absolute Gasteiger partial charge is 0.0965 e. The summed E-state index contributed by atoms with van der Waals surface area (Å²) in [6.45, 7) is 2.84. The molecule has 3 rings (SSSR count). The summed E-state index contributed by atoms with van der Waals surface area (Å²) in [7, 11) is 0. The van der Waals surface area contributed by atoms with Crippen LogP contribution in [0.2, 0.25) is 0 Å². The minimum atomic E-state index is 0.589. The number of benzene rings is 1. The van der Waals surface area contributed by atoms with Gasteiger partial charge in [-0.15, -0.1) is 11.3 Å². The fourth-order valence-electron chi connectivity index (χ4n) is 3.08. The maximum Gasteiger partial charge on any atom is 0.0965 e. The van der Waals surface area contributed by atoms with Crippen molar-refractivity contribution >= 4 is 11.3 Å². The monoisotopic (exact) mass is 286 g/mol. The molecule has 3 heteroatoms. The lowest BCUT2D eigenvalue weighted by molar-refractivity contribution is 0.580. The van der Waals surface area contributed by atoms with Gasteiger partial charge < -0.3 is 5.73 Å². The third kappa shape index (κ3) is 2.65. The van der Waals surface area contributed by atoms with Crippen molar-refractivity contribution in [1.82, 2.24) is 4.98 Å². The predicted molar refractivity (Wildman–Crippen MR) is 85.2 cm³/mol. The van der Waals surface area contributed by atoms with Gasteiger partial charge in [0.05, 0.1) is 10.7 Å². The van der Waals surface area contributed by atoms with Crippen LogP contribution < -0.4 is 5.73 Å². The number of aryl methyl sites for hydroxylation is 2. The van der Waals surface area contributed by atoms with E-state index in [1.165, 1.54) is 39.5 Å². The Bertz CT molecular complexity index is 588. The maximum absolute atomic E-state index is 5.87. The summed E-state index contributed by atoms with van der Waals surface area (Å²) < 4.78 is 0. The number of hydrogen-bond acceptors (Lipinski definition) is 3. The van der Waals surface area contributed by atoms with Crippen molar-refractivity contribution < 1.29 is 0 Å². The lowest BCUT2D eigenvalue weighted by Gasteiger charge is -2.22. The number of nitrogens with zero attached hydrogens (tertiary/aromatic N) is 1. The molecule has 20 heavy (non-hydrogen) atoms. The quantitative estimate of drug-likeness (QED) is 0.928. The predicted octanol–water partition coefficient (Wildman–Crippen LogP) is 3.83. The number of hydrogen-bond donors (Lipinski definition) is 1. The standard InChI is InChI=1S/C17H22N2S/c1-2-5-15-16(11-18)20-17(19-15)14-9-8-12-6-3-4-7-13(12)10-14/h3-4,6-7,14H,2,5,8-11,18H2,1H3. The Hall–Kier alpha value is -1.19. The highest BCUT2D eigenvalue weighted by Gasteiger charge is 2.23. The topological polar surface area (TPSA) is 38.9 Å². The van der Waals surface area contributed by atoms with Gasteiger partial charge in [0.2, 0.25) is 0 Å². The third-order valence-corrected chi connectivity index (χ3v) is 5.45. The molecule has 2 aromatic rings. The van der Waals surface area contributed by atoms with Gasteiger partial charge in [-0.25, -0.2) is 4.98 Å². The Kier molecular flexibility index (Phi) is 4.18. The lowest BCUT2D eigenvalue weighted by Crippen LogP contribution is -2.12. The van der Waals surface area contributed by atoms with Crippen LogP contribution in [0.4, 0.5) is 0 Å². The third-order valence-electron chi connectivity index (χ3n) is 4.16.